The Hall–Kier alpha value is -1.59. The quantitative estimate of drug-likeness (QED) is 0.345. The first kappa shape index (κ1) is 11.5. The largest absolute Gasteiger partial charge is 0.269 e. The summed E-state index contributed by atoms with van der Waals surface area (Å²) >= 11 is 0. The van der Waals surface area contributed by atoms with E-state index in [1.54, 1.807) is 0 Å². The molecule has 78 valence electrons. The van der Waals surface area contributed by atoms with Crippen LogP contribution in [0.5, 0.6) is 0 Å². The van der Waals surface area contributed by atoms with Crippen molar-refractivity contribution < 1.29 is 13.3 Å². The first-order valence-electron chi connectivity index (χ1n) is 3.54. The van der Waals surface area contributed by atoms with Crippen molar-refractivity contribution in [2.24, 2.45) is 0 Å². The lowest BCUT2D eigenvalue weighted by molar-refractivity contribution is -0.384. The lowest BCUT2D eigenvalue weighted by atomic mass is 10.3. The second-order valence-corrected chi connectivity index (χ2v) is 5.93. The molecule has 0 aliphatic carbocycles. The molecule has 0 atom stereocenters. The van der Waals surface area contributed by atoms with E-state index >= 15 is 0 Å². The second kappa shape index (κ2) is 4.29. The van der Waals surface area contributed by atoms with Crippen molar-refractivity contribution >= 4 is 25.4 Å². The Labute approximate surface area is 89.0 Å². The molecule has 1 rings (SSSR count). The average Bonchev–Trinajstić information content (AvgIpc) is 2.18. The highest BCUT2D eigenvalue weighted by atomic mass is 33.1. The van der Waals surface area contributed by atoms with Crippen LogP contribution in [0.3, 0.4) is 0 Å². The molecule has 0 saturated heterocycles. The Morgan fingerprint density at radius 2 is 1.87 bits per heavy atom. The SMILES string of the molecule is N#CSS(=O)(=O)c1ccc([N+](=O)[O-])cc1. The Morgan fingerprint density at radius 1 is 1.33 bits per heavy atom. The van der Waals surface area contributed by atoms with Gasteiger partial charge in [-0.25, -0.2) is 8.42 Å². The zero-order valence-corrected chi connectivity index (χ0v) is 8.79. The highest BCUT2D eigenvalue weighted by Gasteiger charge is 2.16. The topological polar surface area (TPSA) is 101 Å². The first-order chi connectivity index (χ1) is 6.97. The summed E-state index contributed by atoms with van der Waals surface area (Å²) in [6.45, 7) is 0. The Bertz CT molecular complexity index is 515. The molecule has 15 heavy (non-hydrogen) atoms. The normalized spacial score (nSPS) is 10.6. The Kier molecular flexibility index (Phi) is 3.28. The van der Waals surface area contributed by atoms with Crippen LogP contribution < -0.4 is 0 Å². The molecule has 0 N–H and O–H groups in total. The number of non-ortho nitro benzene ring substituents is 1. The lowest BCUT2D eigenvalue weighted by Gasteiger charge is -1.97. The number of hydrogen-bond acceptors (Lipinski definition) is 6. The molecular formula is C7H4N2O4S2. The van der Waals surface area contributed by atoms with Crippen molar-refractivity contribution in [3.63, 3.8) is 0 Å². The van der Waals surface area contributed by atoms with Gasteiger partial charge in [0.1, 0.15) is 5.40 Å². The van der Waals surface area contributed by atoms with Gasteiger partial charge < -0.3 is 0 Å². The first-order valence-corrected chi connectivity index (χ1v) is 6.36. The summed E-state index contributed by atoms with van der Waals surface area (Å²) in [6, 6.07) is 4.34. The van der Waals surface area contributed by atoms with E-state index < -0.39 is 13.8 Å². The summed E-state index contributed by atoms with van der Waals surface area (Å²) in [5, 5.41) is 20.0. The molecule has 1 aromatic rings. The molecule has 0 heterocycles. The van der Waals surface area contributed by atoms with Gasteiger partial charge in [-0.3, -0.25) is 10.1 Å². The number of nitro groups is 1. The van der Waals surface area contributed by atoms with E-state index in [0.29, 0.717) is 0 Å². The fourth-order valence-corrected chi connectivity index (χ4v) is 2.41. The van der Waals surface area contributed by atoms with Crippen molar-refractivity contribution in [2.45, 2.75) is 4.90 Å². The number of hydrogen-bond donors (Lipinski definition) is 0. The van der Waals surface area contributed by atoms with Gasteiger partial charge in [-0.1, -0.05) is 0 Å². The van der Waals surface area contributed by atoms with Crippen molar-refractivity contribution in [3.8, 4) is 5.40 Å². The molecule has 0 spiro atoms. The molecule has 0 saturated carbocycles. The molecule has 8 heteroatoms. The van der Waals surface area contributed by atoms with E-state index in [0.717, 1.165) is 24.3 Å². The maximum absolute atomic E-state index is 11.3. The summed E-state index contributed by atoms with van der Waals surface area (Å²) in [4.78, 5) is 9.53. The number of nitro benzene ring substituents is 1. The van der Waals surface area contributed by atoms with Crippen LogP contribution in [0.25, 0.3) is 0 Å². The monoisotopic (exact) mass is 244 g/mol. The highest BCUT2D eigenvalue weighted by Crippen LogP contribution is 2.23. The van der Waals surface area contributed by atoms with Gasteiger partial charge in [0.2, 0.25) is 8.87 Å². The van der Waals surface area contributed by atoms with Gasteiger partial charge in [-0.15, -0.1) is 0 Å². The van der Waals surface area contributed by atoms with Crippen molar-refractivity contribution in [2.75, 3.05) is 0 Å². The number of benzene rings is 1. The van der Waals surface area contributed by atoms with Crippen LogP contribution in [-0.2, 0) is 8.87 Å². The fraction of sp³-hybridized carbons (Fsp3) is 0. The summed E-state index contributed by atoms with van der Waals surface area (Å²) in [5.41, 5.74) is -0.198. The van der Waals surface area contributed by atoms with E-state index in [9.17, 15) is 18.5 Å². The molecule has 0 fully saturated rings. The minimum Gasteiger partial charge on any atom is -0.258 e. The Morgan fingerprint density at radius 3 is 2.27 bits per heavy atom. The third kappa shape index (κ3) is 2.68. The van der Waals surface area contributed by atoms with E-state index in [1.807, 2.05) is 0 Å². The molecular weight excluding hydrogens is 240 g/mol. The van der Waals surface area contributed by atoms with E-state index in [4.69, 9.17) is 5.26 Å². The molecule has 0 bridgehead atoms. The standard InChI is InChI=1S/C7H4N2O4S2/c8-5-14-15(12,13)7-3-1-6(2-4-7)9(10)11/h1-4H. The van der Waals surface area contributed by atoms with Crippen LogP contribution >= 0.6 is 10.8 Å². The molecule has 0 radical (unpaired) electrons. The van der Waals surface area contributed by atoms with Crippen LogP contribution in [0, 0.1) is 20.8 Å². The van der Waals surface area contributed by atoms with Crippen molar-refractivity contribution in [3.05, 3.63) is 34.4 Å². The highest BCUT2D eigenvalue weighted by molar-refractivity contribution is 8.73. The maximum atomic E-state index is 11.3. The van der Waals surface area contributed by atoms with Gasteiger partial charge in [-0.05, 0) is 12.1 Å². The fourth-order valence-electron chi connectivity index (χ4n) is 0.832. The van der Waals surface area contributed by atoms with Crippen LogP contribution in [0.2, 0.25) is 0 Å². The molecule has 1 aromatic carbocycles. The number of nitrogens with zero attached hydrogens (tertiary/aromatic N) is 2. The van der Waals surface area contributed by atoms with Crippen molar-refractivity contribution in [1.29, 1.82) is 5.26 Å². The molecule has 0 amide bonds. The predicted molar refractivity (Wildman–Crippen MR) is 53.5 cm³/mol. The van der Waals surface area contributed by atoms with E-state index in [1.165, 1.54) is 5.40 Å². The average molecular weight is 244 g/mol. The predicted octanol–water partition coefficient (Wildman–Crippen LogP) is 1.50. The minimum atomic E-state index is -3.72. The van der Waals surface area contributed by atoms with Gasteiger partial charge in [0.05, 0.1) is 20.6 Å². The number of rotatable bonds is 3. The molecule has 6 nitrogen and oxygen atoms in total. The maximum Gasteiger partial charge on any atom is 0.269 e. The Balaban J connectivity index is 3.11. The van der Waals surface area contributed by atoms with Gasteiger partial charge in [0.25, 0.3) is 5.69 Å². The number of nitriles is 1. The molecule has 0 aliphatic rings. The van der Waals surface area contributed by atoms with Crippen LogP contribution in [0.1, 0.15) is 0 Å². The summed E-state index contributed by atoms with van der Waals surface area (Å²) in [6.07, 6.45) is 0. The minimum absolute atomic E-state index is 0.109. The lowest BCUT2D eigenvalue weighted by Crippen LogP contribution is -1.94. The van der Waals surface area contributed by atoms with E-state index in [2.05, 4.69) is 0 Å². The van der Waals surface area contributed by atoms with Crippen molar-refractivity contribution in [1.82, 2.24) is 0 Å². The summed E-state index contributed by atoms with van der Waals surface area (Å²) in [7, 11) is -3.61. The molecule has 0 aliphatic heterocycles. The summed E-state index contributed by atoms with van der Waals surface area (Å²) in [5.74, 6) is 0. The van der Waals surface area contributed by atoms with Gasteiger partial charge >= 0.3 is 0 Å². The zero-order valence-electron chi connectivity index (χ0n) is 7.15. The summed E-state index contributed by atoms with van der Waals surface area (Å²) < 4.78 is 22.6. The third-order valence-electron chi connectivity index (χ3n) is 1.48. The van der Waals surface area contributed by atoms with Gasteiger partial charge in [0.15, 0.2) is 0 Å². The van der Waals surface area contributed by atoms with Crippen LogP contribution in [-0.4, -0.2) is 13.3 Å². The smallest absolute Gasteiger partial charge is 0.258 e. The third-order valence-corrected chi connectivity index (χ3v) is 4.09. The van der Waals surface area contributed by atoms with Crippen LogP contribution in [0.4, 0.5) is 5.69 Å². The number of thiocyanates is 1. The molecule has 0 aromatic heterocycles. The van der Waals surface area contributed by atoms with Gasteiger partial charge in [-0.2, -0.15) is 5.26 Å². The van der Waals surface area contributed by atoms with E-state index in [-0.39, 0.29) is 21.4 Å². The van der Waals surface area contributed by atoms with Gasteiger partial charge in [0, 0.05) is 12.1 Å². The van der Waals surface area contributed by atoms with Crippen LogP contribution in [0.15, 0.2) is 29.2 Å². The molecule has 0 unspecified atom stereocenters. The zero-order chi connectivity index (χ0) is 11.5. The second-order valence-electron chi connectivity index (χ2n) is 2.38.